The Bertz CT molecular complexity index is 494. The fourth-order valence-electron chi connectivity index (χ4n) is 2.27. The number of hydrogen-bond donors (Lipinski definition) is 1. The van der Waals surface area contributed by atoms with Crippen molar-refractivity contribution in [1.82, 2.24) is 4.90 Å². The number of rotatable bonds is 6. The van der Waals surface area contributed by atoms with E-state index in [9.17, 15) is 0 Å². The zero-order valence-electron chi connectivity index (χ0n) is 11.5. The van der Waals surface area contributed by atoms with E-state index in [-0.39, 0.29) is 0 Å². The van der Waals surface area contributed by atoms with Gasteiger partial charge in [0.25, 0.3) is 0 Å². The Labute approximate surface area is 115 Å². The molecule has 0 unspecified atom stereocenters. The summed E-state index contributed by atoms with van der Waals surface area (Å²) < 4.78 is 0. The lowest BCUT2D eigenvalue weighted by atomic mass is 10.0. The lowest BCUT2D eigenvalue weighted by Gasteiger charge is -2.19. The lowest BCUT2D eigenvalue weighted by Crippen LogP contribution is -2.28. The average Bonchev–Trinajstić information content (AvgIpc) is 2.48. The summed E-state index contributed by atoms with van der Waals surface area (Å²) in [5, 5.41) is 0. The van der Waals surface area contributed by atoms with E-state index >= 15 is 0 Å². The normalized spacial score (nSPS) is 10.9. The van der Waals surface area contributed by atoms with Crippen LogP contribution in [0.4, 0.5) is 0 Å². The molecular weight excluding hydrogens is 232 g/mol. The van der Waals surface area contributed by atoms with E-state index in [4.69, 9.17) is 5.73 Å². The van der Waals surface area contributed by atoms with Crippen molar-refractivity contribution in [2.45, 2.75) is 13.5 Å². The number of nitrogens with two attached hydrogens (primary N) is 1. The topological polar surface area (TPSA) is 29.3 Å². The smallest absolute Gasteiger partial charge is 0.0234 e. The third kappa shape index (κ3) is 3.91. The van der Waals surface area contributed by atoms with Gasteiger partial charge in [0.15, 0.2) is 0 Å². The van der Waals surface area contributed by atoms with E-state index in [1.165, 1.54) is 16.7 Å². The Kier molecular flexibility index (Phi) is 5.13. The van der Waals surface area contributed by atoms with Crippen molar-refractivity contribution in [1.29, 1.82) is 0 Å². The Morgan fingerprint density at radius 1 is 0.947 bits per heavy atom. The van der Waals surface area contributed by atoms with Gasteiger partial charge in [-0.15, -0.1) is 0 Å². The van der Waals surface area contributed by atoms with Crippen LogP contribution < -0.4 is 5.73 Å². The van der Waals surface area contributed by atoms with Gasteiger partial charge in [-0.2, -0.15) is 0 Å². The van der Waals surface area contributed by atoms with Crippen LogP contribution in [0.1, 0.15) is 12.5 Å². The zero-order chi connectivity index (χ0) is 13.5. The number of nitrogens with zero attached hydrogens (tertiary/aromatic N) is 1. The predicted molar refractivity (Wildman–Crippen MR) is 81.9 cm³/mol. The summed E-state index contributed by atoms with van der Waals surface area (Å²) in [7, 11) is 0. The molecule has 0 radical (unpaired) electrons. The van der Waals surface area contributed by atoms with Gasteiger partial charge in [0, 0.05) is 19.6 Å². The van der Waals surface area contributed by atoms with Gasteiger partial charge in [-0.25, -0.2) is 0 Å². The largest absolute Gasteiger partial charge is 0.329 e. The Morgan fingerprint density at radius 3 is 2.37 bits per heavy atom. The molecule has 2 N–H and O–H groups in total. The second-order valence-corrected chi connectivity index (χ2v) is 4.72. The molecule has 0 spiro atoms. The molecule has 2 nitrogen and oxygen atoms in total. The molecule has 0 fully saturated rings. The van der Waals surface area contributed by atoms with Crippen LogP contribution in [-0.2, 0) is 6.54 Å². The molecule has 0 aliphatic heterocycles. The van der Waals surface area contributed by atoms with Crippen LogP contribution >= 0.6 is 0 Å². The maximum absolute atomic E-state index is 5.64. The molecule has 0 aromatic heterocycles. The lowest BCUT2D eigenvalue weighted by molar-refractivity contribution is 0.288. The molecule has 0 atom stereocenters. The monoisotopic (exact) mass is 254 g/mol. The first kappa shape index (κ1) is 13.8. The van der Waals surface area contributed by atoms with Crippen LogP contribution in [0.2, 0.25) is 0 Å². The van der Waals surface area contributed by atoms with Crippen molar-refractivity contribution in [3.05, 3.63) is 60.2 Å². The van der Waals surface area contributed by atoms with Crippen LogP contribution in [0.5, 0.6) is 0 Å². The van der Waals surface area contributed by atoms with Crippen LogP contribution in [0, 0.1) is 0 Å². The summed E-state index contributed by atoms with van der Waals surface area (Å²) in [6.07, 6.45) is 0. The number of benzene rings is 2. The van der Waals surface area contributed by atoms with Gasteiger partial charge in [0.2, 0.25) is 0 Å². The van der Waals surface area contributed by atoms with Crippen LogP contribution in [0.15, 0.2) is 54.6 Å². The highest BCUT2D eigenvalue weighted by Crippen LogP contribution is 2.20. The standard InChI is InChI=1S/C17H22N2/c1-2-19(12-11-18)14-15-7-6-10-17(13-15)16-8-4-3-5-9-16/h3-10,13H,2,11-12,14,18H2,1H3. The van der Waals surface area contributed by atoms with Crippen LogP contribution in [-0.4, -0.2) is 24.5 Å². The minimum Gasteiger partial charge on any atom is -0.329 e. The van der Waals surface area contributed by atoms with Crippen molar-refractivity contribution in [2.24, 2.45) is 5.73 Å². The first-order chi connectivity index (χ1) is 9.33. The van der Waals surface area contributed by atoms with Crippen LogP contribution in [0.25, 0.3) is 11.1 Å². The Balaban J connectivity index is 2.15. The molecule has 0 aliphatic rings. The van der Waals surface area contributed by atoms with Crippen molar-refractivity contribution in [2.75, 3.05) is 19.6 Å². The van der Waals surface area contributed by atoms with Crippen molar-refractivity contribution < 1.29 is 0 Å². The van der Waals surface area contributed by atoms with E-state index in [1.807, 2.05) is 6.07 Å². The van der Waals surface area contributed by atoms with E-state index in [0.29, 0.717) is 6.54 Å². The Morgan fingerprint density at radius 2 is 1.68 bits per heavy atom. The summed E-state index contributed by atoms with van der Waals surface area (Å²) in [5.41, 5.74) is 9.53. The van der Waals surface area contributed by atoms with Crippen molar-refractivity contribution in [3.63, 3.8) is 0 Å². The van der Waals surface area contributed by atoms with Gasteiger partial charge >= 0.3 is 0 Å². The summed E-state index contributed by atoms with van der Waals surface area (Å²) >= 11 is 0. The predicted octanol–water partition coefficient (Wildman–Crippen LogP) is 3.13. The van der Waals surface area contributed by atoms with Gasteiger partial charge in [0.1, 0.15) is 0 Å². The van der Waals surface area contributed by atoms with Gasteiger partial charge in [-0.05, 0) is 29.3 Å². The summed E-state index contributed by atoms with van der Waals surface area (Å²) in [6, 6.07) is 19.3. The molecule has 2 aromatic rings. The molecule has 19 heavy (non-hydrogen) atoms. The molecule has 2 heteroatoms. The minimum atomic E-state index is 0.714. The maximum Gasteiger partial charge on any atom is 0.0234 e. The molecule has 0 heterocycles. The number of likely N-dealkylation sites (N-methyl/N-ethyl adjacent to an activating group) is 1. The van der Waals surface area contributed by atoms with Gasteiger partial charge < -0.3 is 5.73 Å². The highest BCUT2D eigenvalue weighted by Gasteiger charge is 2.04. The van der Waals surface area contributed by atoms with Crippen LogP contribution in [0.3, 0.4) is 0 Å². The summed E-state index contributed by atoms with van der Waals surface area (Å²) in [5.74, 6) is 0. The summed E-state index contributed by atoms with van der Waals surface area (Å²) in [6.45, 7) is 5.84. The van der Waals surface area contributed by atoms with Crippen molar-refractivity contribution in [3.8, 4) is 11.1 Å². The second-order valence-electron chi connectivity index (χ2n) is 4.72. The molecule has 0 saturated carbocycles. The molecule has 0 aliphatic carbocycles. The van der Waals surface area contributed by atoms with Gasteiger partial charge in [0.05, 0.1) is 0 Å². The molecular formula is C17H22N2. The van der Waals surface area contributed by atoms with E-state index in [2.05, 4.69) is 60.4 Å². The van der Waals surface area contributed by atoms with E-state index < -0.39 is 0 Å². The zero-order valence-corrected chi connectivity index (χ0v) is 11.5. The molecule has 0 saturated heterocycles. The molecule has 0 bridgehead atoms. The van der Waals surface area contributed by atoms with Gasteiger partial charge in [-0.3, -0.25) is 4.90 Å². The third-order valence-corrected chi connectivity index (χ3v) is 3.33. The fraction of sp³-hybridized carbons (Fsp3) is 0.294. The Hall–Kier alpha value is -1.64. The summed E-state index contributed by atoms with van der Waals surface area (Å²) in [4.78, 5) is 2.37. The van der Waals surface area contributed by atoms with E-state index in [1.54, 1.807) is 0 Å². The van der Waals surface area contributed by atoms with Crippen molar-refractivity contribution >= 4 is 0 Å². The third-order valence-electron chi connectivity index (χ3n) is 3.33. The molecule has 2 rings (SSSR count). The first-order valence-corrected chi connectivity index (χ1v) is 6.90. The highest BCUT2D eigenvalue weighted by molar-refractivity contribution is 5.63. The van der Waals surface area contributed by atoms with Gasteiger partial charge in [-0.1, -0.05) is 55.5 Å². The average molecular weight is 254 g/mol. The maximum atomic E-state index is 5.64. The molecule has 2 aromatic carbocycles. The highest BCUT2D eigenvalue weighted by atomic mass is 15.1. The fourth-order valence-corrected chi connectivity index (χ4v) is 2.27. The minimum absolute atomic E-state index is 0.714. The quantitative estimate of drug-likeness (QED) is 0.858. The molecule has 0 amide bonds. The van der Waals surface area contributed by atoms with E-state index in [0.717, 1.165) is 19.6 Å². The SMILES string of the molecule is CCN(CCN)Cc1cccc(-c2ccccc2)c1. The molecule has 100 valence electrons. The first-order valence-electron chi connectivity index (χ1n) is 6.90. The second kappa shape index (κ2) is 7.07. The number of hydrogen-bond acceptors (Lipinski definition) is 2.